The number of unbranched alkanes of at least 4 members (excludes halogenated alkanes) is 1. The van der Waals surface area contributed by atoms with Gasteiger partial charge in [-0.2, -0.15) is 0 Å². The van der Waals surface area contributed by atoms with E-state index in [0.717, 1.165) is 12.8 Å². The minimum absolute atomic E-state index is 0.0641. The lowest BCUT2D eigenvalue weighted by atomic mass is 10.1. The summed E-state index contributed by atoms with van der Waals surface area (Å²) in [6.45, 7) is 9.37. The number of amides is 1. The summed E-state index contributed by atoms with van der Waals surface area (Å²) in [4.78, 5) is 12.0. The van der Waals surface area contributed by atoms with Crippen LogP contribution in [0, 0.1) is 0 Å². The predicted molar refractivity (Wildman–Crippen MR) is 98.0 cm³/mol. The average Bonchev–Trinajstić information content (AvgIpc) is 2.51. The van der Waals surface area contributed by atoms with Gasteiger partial charge in [-0.15, -0.1) is 0 Å². The van der Waals surface area contributed by atoms with Crippen molar-refractivity contribution in [2.45, 2.75) is 52.2 Å². The minimum atomic E-state index is -0.641. The lowest BCUT2D eigenvalue weighted by Gasteiger charge is -2.23. The number of rotatable bonds is 9. The molecule has 1 unspecified atom stereocenters. The molecule has 0 aliphatic rings. The Labute approximate surface area is 149 Å². The summed E-state index contributed by atoms with van der Waals surface area (Å²) in [5, 5.41) is 16.3. The lowest BCUT2D eigenvalue weighted by molar-refractivity contribution is 0.0951. The van der Waals surface area contributed by atoms with Gasteiger partial charge in [0.2, 0.25) is 0 Å². The molecule has 0 heterocycles. The molecule has 0 aliphatic carbocycles. The Morgan fingerprint density at radius 2 is 2.08 bits per heavy atom. The second-order valence-corrected chi connectivity index (χ2v) is 7.26. The van der Waals surface area contributed by atoms with Crippen molar-refractivity contribution < 1.29 is 14.6 Å². The monoisotopic (exact) mass is 356 g/mol. The molecule has 1 rings (SSSR count). The van der Waals surface area contributed by atoms with Crippen LogP contribution in [-0.4, -0.2) is 42.4 Å². The van der Waals surface area contributed by atoms with Crippen molar-refractivity contribution in [1.82, 2.24) is 10.6 Å². The van der Waals surface area contributed by atoms with Gasteiger partial charge in [-0.1, -0.05) is 24.9 Å². The molecule has 1 atom stereocenters. The molecule has 136 valence electrons. The fourth-order valence-corrected chi connectivity index (χ4v) is 2.14. The van der Waals surface area contributed by atoms with Crippen LogP contribution in [0.5, 0.6) is 5.75 Å². The molecule has 24 heavy (non-hydrogen) atoms. The van der Waals surface area contributed by atoms with Gasteiger partial charge < -0.3 is 20.5 Å². The van der Waals surface area contributed by atoms with Gasteiger partial charge in [0, 0.05) is 24.2 Å². The third-order valence-electron chi connectivity index (χ3n) is 3.31. The van der Waals surface area contributed by atoms with Gasteiger partial charge in [-0.3, -0.25) is 4.79 Å². The predicted octanol–water partition coefficient (Wildman–Crippen LogP) is 3.00. The lowest BCUT2D eigenvalue weighted by Crippen LogP contribution is -2.42. The molecule has 0 saturated heterocycles. The first-order valence-electron chi connectivity index (χ1n) is 8.36. The summed E-state index contributed by atoms with van der Waals surface area (Å²) in [6, 6.07) is 4.90. The van der Waals surface area contributed by atoms with Crippen molar-refractivity contribution in [2.24, 2.45) is 0 Å². The highest BCUT2D eigenvalue weighted by atomic mass is 35.5. The van der Waals surface area contributed by atoms with Gasteiger partial charge in [0.15, 0.2) is 0 Å². The maximum Gasteiger partial charge on any atom is 0.251 e. The van der Waals surface area contributed by atoms with E-state index in [1.54, 1.807) is 18.2 Å². The number of benzene rings is 1. The van der Waals surface area contributed by atoms with Crippen LogP contribution < -0.4 is 15.4 Å². The van der Waals surface area contributed by atoms with Crippen LogP contribution in [0.25, 0.3) is 0 Å². The Balaban J connectivity index is 2.51. The van der Waals surface area contributed by atoms with E-state index < -0.39 is 6.10 Å². The SMILES string of the molecule is CCCCNC(=O)c1ccc(OCC(O)CNC(C)(C)C)c(Cl)c1. The van der Waals surface area contributed by atoms with E-state index >= 15 is 0 Å². The number of halogens is 1. The molecule has 3 N–H and O–H groups in total. The molecular weight excluding hydrogens is 328 g/mol. The first-order chi connectivity index (χ1) is 11.2. The smallest absolute Gasteiger partial charge is 0.251 e. The zero-order valence-electron chi connectivity index (χ0n) is 15.0. The van der Waals surface area contributed by atoms with Crippen LogP contribution in [0.15, 0.2) is 18.2 Å². The Morgan fingerprint density at radius 1 is 1.38 bits per heavy atom. The third-order valence-corrected chi connectivity index (χ3v) is 3.60. The molecule has 0 radical (unpaired) electrons. The summed E-state index contributed by atoms with van der Waals surface area (Å²) < 4.78 is 5.54. The van der Waals surface area contributed by atoms with Crippen LogP contribution >= 0.6 is 11.6 Å². The molecule has 1 amide bonds. The van der Waals surface area contributed by atoms with Crippen molar-refractivity contribution >= 4 is 17.5 Å². The number of ether oxygens (including phenoxy) is 1. The van der Waals surface area contributed by atoms with Crippen LogP contribution in [0.1, 0.15) is 50.9 Å². The molecule has 0 fully saturated rings. The van der Waals surface area contributed by atoms with Gasteiger partial charge in [0.05, 0.1) is 5.02 Å². The van der Waals surface area contributed by atoms with E-state index in [1.807, 2.05) is 20.8 Å². The highest BCUT2D eigenvalue weighted by Crippen LogP contribution is 2.25. The molecule has 5 nitrogen and oxygen atoms in total. The van der Waals surface area contributed by atoms with Crippen LogP contribution in [0.3, 0.4) is 0 Å². The second kappa shape index (κ2) is 9.87. The molecular formula is C18H29ClN2O3. The molecule has 0 bridgehead atoms. The van der Waals surface area contributed by atoms with E-state index in [2.05, 4.69) is 17.6 Å². The van der Waals surface area contributed by atoms with Gasteiger partial charge >= 0.3 is 0 Å². The summed E-state index contributed by atoms with van der Waals surface area (Å²) in [6.07, 6.45) is 1.33. The maximum absolute atomic E-state index is 12.0. The topological polar surface area (TPSA) is 70.6 Å². The largest absolute Gasteiger partial charge is 0.489 e. The van der Waals surface area contributed by atoms with Gasteiger partial charge in [0.25, 0.3) is 5.91 Å². The van der Waals surface area contributed by atoms with Gasteiger partial charge in [-0.25, -0.2) is 0 Å². The van der Waals surface area contributed by atoms with Gasteiger partial charge in [-0.05, 0) is 45.4 Å². The average molecular weight is 357 g/mol. The number of carbonyl (C=O) groups excluding carboxylic acids is 1. The number of hydrogen-bond acceptors (Lipinski definition) is 4. The molecule has 0 saturated carbocycles. The van der Waals surface area contributed by atoms with E-state index in [-0.39, 0.29) is 18.1 Å². The summed E-state index contributed by atoms with van der Waals surface area (Å²) >= 11 is 6.17. The number of nitrogens with one attached hydrogen (secondary N) is 2. The zero-order valence-corrected chi connectivity index (χ0v) is 15.7. The number of aliphatic hydroxyl groups excluding tert-OH is 1. The van der Waals surface area contributed by atoms with Crippen molar-refractivity contribution in [1.29, 1.82) is 0 Å². The van der Waals surface area contributed by atoms with E-state index in [9.17, 15) is 9.90 Å². The van der Waals surface area contributed by atoms with Crippen LogP contribution in [0.4, 0.5) is 0 Å². The second-order valence-electron chi connectivity index (χ2n) is 6.85. The molecule has 1 aromatic carbocycles. The van der Waals surface area contributed by atoms with Crippen molar-refractivity contribution in [3.63, 3.8) is 0 Å². The first kappa shape index (κ1) is 20.7. The van der Waals surface area contributed by atoms with Crippen molar-refractivity contribution in [3.05, 3.63) is 28.8 Å². The zero-order chi connectivity index (χ0) is 18.2. The van der Waals surface area contributed by atoms with Crippen LogP contribution in [-0.2, 0) is 0 Å². The normalized spacial score (nSPS) is 12.8. The Morgan fingerprint density at radius 3 is 2.67 bits per heavy atom. The molecule has 0 aromatic heterocycles. The third kappa shape index (κ3) is 7.99. The fourth-order valence-electron chi connectivity index (χ4n) is 1.91. The first-order valence-corrected chi connectivity index (χ1v) is 8.74. The Hall–Kier alpha value is -1.30. The van der Waals surface area contributed by atoms with E-state index in [0.29, 0.717) is 29.4 Å². The maximum atomic E-state index is 12.0. The Bertz CT molecular complexity index is 529. The van der Waals surface area contributed by atoms with Crippen molar-refractivity contribution in [2.75, 3.05) is 19.7 Å². The fraction of sp³-hybridized carbons (Fsp3) is 0.611. The number of aliphatic hydroxyl groups is 1. The standard InChI is InChI=1S/C18H29ClN2O3/c1-5-6-9-20-17(23)13-7-8-16(15(19)10-13)24-12-14(22)11-21-18(2,3)4/h7-8,10,14,21-22H,5-6,9,11-12H2,1-4H3,(H,20,23). The summed E-state index contributed by atoms with van der Waals surface area (Å²) in [5.41, 5.74) is 0.434. The molecule has 0 spiro atoms. The minimum Gasteiger partial charge on any atom is -0.489 e. The van der Waals surface area contributed by atoms with E-state index in [4.69, 9.17) is 16.3 Å². The summed E-state index contributed by atoms with van der Waals surface area (Å²) in [7, 11) is 0. The Kier molecular flexibility index (Phi) is 8.53. The summed E-state index contributed by atoms with van der Waals surface area (Å²) in [5.74, 6) is 0.308. The van der Waals surface area contributed by atoms with Crippen molar-refractivity contribution in [3.8, 4) is 5.75 Å². The molecule has 0 aliphatic heterocycles. The van der Waals surface area contributed by atoms with Gasteiger partial charge in [0.1, 0.15) is 18.5 Å². The number of hydrogen-bond donors (Lipinski definition) is 3. The molecule has 6 heteroatoms. The highest BCUT2D eigenvalue weighted by Gasteiger charge is 2.14. The number of carbonyl (C=O) groups is 1. The quantitative estimate of drug-likeness (QED) is 0.595. The molecule has 1 aromatic rings. The van der Waals surface area contributed by atoms with Crippen LogP contribution in [0.2, 0.25) is 5.02 Å². The van der Waals surface area contributed by atoms with E-state index in [1.165, 1.54) is 0 Å². The number of β-amino-alcohol motifs (C(OH)–C–C–N with tert-alkyl or cyclic N) is 1. The highest BCUT2D eigenvalue weighted by molar-refractivity contribution is 6.32.